The Bertz CT molecular complexity index is 1250. The minimum absolute atomic E-state index is 0.0291. The molecule has 0 aliphatic heterocycles. The standard InChI is InChI=1S/C31H36Cl2N2O4/c1-5-21(2)34-31(37)27(17-22-9-7-6-8-10-22)35(20-24-13-14-25(32)19-26(24)33)30(36)16-12-23-11-15-28(38-3)29(18-23)39-4/h6-11,13-15,18-19,21,27H,5,12,16-17,20H2,1-4H3,(H,34,37)/t21-,27-/m0/s1. The fourth-order valence-corrected chi connectivity index (χ4v) is 4.73. The van der Waals surface area contributed by atoms with Crippen molar-refractivity contribution in [1.29, 1.82) is 0 Å². The van der Waals surface area contributed by atoms with Crippen LogP contribution in [0.25, 0.3) is 0 Å². The van der Waals surface area contributed by atoms with Gasteiger partial charge in [-0.2, -0.15) is 0 Å². The zero-order valence-electron chi connectivity index (χ0n) is 22.9. The van der Waals surface area contributed by atoms with Gasteiger partial charge in [0, 0.05) is 35.5 Å². The van der Waals surface area contributed by atoms with E-state index in [0.29, 0.717) is 34.4 Å². The molecule has 3 rings (SSSR count). The predicted molar refractivity (Wildman–Crippen MR) is 157 cm³/mol. The molecular formula is C31H36Cl2N2O4. The van der Waals surface area contributed by atoms with E-state index in [0.717, 1.165) is 23.1 Å². The van der Waals surface area contributed by atoms with Gasteiger partial charge in [-0.15, -0.1) is 0 Å². The molecule has 3 aromatic rings. The van der Waals surface area contributed by atoms with Crippen LogP contribution in [0.2, 0.25) is 10.0 Å². The van der Waals surface area contributed by atoms with Crippen LogP contribution in [0, 0.1) is 0 Å². The molecule has 0 fully saturated rings. The van der Waals surface area contributed by atoms with Crippen LogP contribution in [-0.4, -0.2) is 43.0 Å². The number of halogens is 2. The van der Waals surface area contributed by atoms with Crippen molar-refractivity contribution in [3.8, 4) is 11.5 Å². The van der Waals surface area contributed by atoms with Gasteiger partial charge in [-0.1, -0.05) is 72.6 Å². The summed E-state index contributed by atoms with van der Waals surface area (Å²) in [5.74, 6) is 0.868. The normalized spacial score (nSPS) is 12.4. The number of amides is 2. The van der Waals surface area contributed by atoms with E-state index < -0.39 is 6.04 Å². The van der Waals surface area contributed by atoms with Crippen LogP contribution in [0.5, 0.6) is 11.5 Å². The number of rotatable bonds is 13. The SMILES string of the molecule is CC[C@H](C)NC(=O)[C@H](Cc1ccccc1)N(Cc1ccc(Cl)cc1Cl)C(=O)CCc1ccc(OC)c(OC)c1. The number of aryl methyl sites for hydroxylation is 1. The molecule has 0 aliphatic carbocycles. The third kappa shape index (κ3) is 8.64. The van der Waals surface area contributed by atoms with Gasteiger partial charge in [-0.25, -0.2) is 0 Å². The molecule has 6 nitrogen and oxygen atoms in total. The lowest BCUT2D eigenvalue weighted by molar-refractivity contribution is -0.141. The summed E-state index contributed by atoms with van der Waals surface area (Å²) >= 11 is 12.6. The van der Waals surface area contributed by atoms with Gasteiger partial charge in [-0.05, 0) is 60.7 Å². The van der Waals surface area contributed by atoms with Crippen LogP contribution < -0.4 is 14.8 Å². The second-order valence-corrected chi connectivity index (χ2v) is 10.3. The summed E-state index contributed by atoms with van der Waals surface area (Å²) in [4.78, 5) is 29.2. The van der Waals surface area contributed by atoms with Gasteiger partial charge in [0.05, 0.1) is 14.2 Å². The van der Waals surface area contributed by atoms with Gasteiger partial charge in [0.1, 0.15) is 6.04 Å². The van der Waals surface area contributed by atoms with Crippen molar-refractivity contribution >= 4 is 35.0 Å². The van der Waals surface area contributed by atoms with Gasteiger partial charge in [0.25, 0.3) is 0 Å². The first kappa shape index (κ1) is 30.3. The van der Waals surface area contributed by atoms with Crippen molar-refractivity contribution in [2.24, 2.45) is 0 Å². The molecule has 0 aromatic heterocycles. The Kier molecular flexibility index (Phi) is 11.5. The average molecular weight is 572 g/mol. The number of methoxy groups -OCH3 is 2. The summed E-state index contributed by atoms with van der Waals surface area (Å²) in [5, 5.41) is 4.03. The Hall–Kier alpha value is -3.22. The highest BCUT2D eigenvalue weighted by molar-refractivity contribution is 6.35. The van der Waals surface area contributed by atoms with Gasteiger partial charge >= 0.3 is 0 Å². The summed E-state index contributed by atoms with van der Waals surface area (Å²) in [6.07, 6.45) is 1.81. The van der Waals surface area contributed by atoms with Crippen LogP contribution in [0.4, 0.5) is 0 Å². The zero-order chi connectivity index (χ0) is 28.4. The zero-order valence-corrected chi connectivity index (χ0v) is 24.4. The first-order valence-corrected chi connectivity index (χ1v) is 13.8. The number of nitrogens with zero attached hydrogens (tertiary/aromatic N) is 1. The monoisotopic (exact) mass is 570 g/mol. The largest absolute Gasteiger partial charge is 0.493 e. The van der Waals surface area contributed by atoms with E-state index in [-0.39, 0.29) is 30.8 Å². The number of carbonyl (C=O) groups is 2. The molecule has 0 aliphatic rings. The number of hydrogen-bond acceptors (Lipinski definition) is 4. The van der Waals surface area contributed by atoms with Crippen molar-refractivity contribution in [1.82, 2.24) is 10.2 Å². The van der Waals surface area contributed by atoms with E-state index in [9.17, 15) is 9.59 Å². The lowest BCUT2D eigenvalue weighted by Gasteiger charge is -2.32. The molecule has 2 atom stereocenters. The van der Waals surface area contributed by atoms with Crippen LogP contribution in [0.3, 0.4) is 0 Å². The molecule has 8 heteroatoms. The summed E-state index contributed by atoms with van der Waals surface area (Å²) in [7, 11) is 3.16. The molecule has 3 aromatic carbocycles. The van der Waals surface area contributed by atoms with E-state index in [1.165, 1.54) is 0 Å². The molecule has 2 amide bonds. The number of benzene rings is 3. The topological polar surface area (TPSA) is 67.9 Å². The highest BCUT2D eigenvalue weighted by atomic mass is 35.5. The fraction of sp³-hybridized carbons (Fsp3) is 0.355. The van der Waals surface area contributed by atoms with Crippen molar-refractivity contribution in [3.63, 3.8) is 0 Å². The van der Waals surface area contributed by atoms with E-state index in [1.54, 1.807) is 37.3 Å². The van der Waals surface area contributed by atoms with E-state index in [4.69, 9.17) is 32.7 Å². The van der Waals surface area contributed by atoms with Crippen LogP contribution >= 0.6 is 23.2 Å². The summed E-state index contributed by atoms with van der Waals surface area (Å²) < 4.78 is 10.7. The second kappa shape index (κ2) is 14.8. The van der Waals surface area contributed by atoms with Crippen molar-refractivity contribution in [2.45, 2.75) is 58.2 Å². The van der Waals surface area contributed by atoms with Crippen molar-refractivity contribution < 1.29 is 19.1 Å². The Morgan fingerprint density at radius 1 is 0.923 bits per heavy atom. The number of hydrogen-bond donors (Lipinski definition) is 1. The molecule has 0 spiro atoms. The molecule has 1 N–H and O–H groups in total. The van der Waals surface area contributed by atoms with Crippen LogP contribution in [-0.2, 0) is 29.0 Å². The molecule has 0 unspecified atom stereocenters. The molecule has 0 bridgehead atoms. The molecule has 208 valence electrons. The average Bonchev–Trinajstić information content (AvgIpc) is 2.94. The third-order valence-electron chi connectivity index (χ3n) is 6.70. The Labute approximate surface area is 241 Å². The van der Waals surface area contributed by atoms with E-state index in [2.05, 4.69) is 5.32 Å². The highest BCUT2D eigenvalue weighted by Gasteiger charge is 2.31. The van der Waals surface area contributed by atoms with E-state index >= 15 is 0 Å². The number of carbonyl (C=O) groups excluding carboxylic acids is 2. The summed E-state index contributed by atoms with van der Waals surface area (Å²) in [6.45, 7) is 4.14. The first-order chi connectivity index (χ1) is 18.7. The van der Waals surface area contributed by atoms with E-state index in [1.807, 2.05) is 62.4 Å². The first-order valence-electron chi connectivity index (χ1n) is 13.0. The molecular weight excluding hydrogens is 535 g/mol. The molecule has 0 saturated heterocycles. The maximum Gasteiger partial charge on any atom is 0.243 e. The summed E-state index contributed by atoms with van der Waals surface area (Å²) in [5.41, 5.74) is 2.60. The minimum Gasteiger partial charge on any atom is -0.493 e. The van der Waals surface area contributed by atoms with Gasteiger partial charge in [-0.3, -0.25) is 9.59 Å². The Morgan fingerprint density at radius 2 is 1.64 bits per heavy atom. The fourth-order valence-electron chi connectivity index (χ4n) is 4.26. The van der Waals surface area contributed by atoms with Gasteiger partial charge in [0.15, 0.2) is 11.5 Å². The van der Waals surface area contributed by atoms with Crippen molar-refractivity contribution in [3.05, 3.63) is 93.5 Å². The summed E-state index contributed by atoms with van der Waals surface area (Å²) in [6, 6.07) is 19.7. The molecule has 0 saturated carbocycles. The second-order valence-electron chi connectivity index (χ2n) is 9.47. The quantitative estimate of drug-likeness (QED) is 0.255. The number of ether oxygens (including phenoxy) is 2. The lowest BCUT2D eigenvalue weighted by atomic mass is 10.0. The smallest absolute Gasteiger partial charge is 0.243 e. The molecule has 0 radical (unpaired) electrons. The van der Waals surface area contributed by atoms with Crippen LogP contribution in [0.1, 0.15) is 43.4 Å². The van der Waals surface area contributed by atoms with Gasteiger partial charge in [0.2, 0.25) is 11.8 Å². The van der Waals surface area contributed by atoms with Gasteiger partial charge < -0.3 is 19.7 Å². The Balaban J connectivity index is 1.94. The highest BCUT2D eigenvalue weighted by Crippen LogP contribution is 2.29. The van der Waals surface area contributed by atoms with Crippen LogP contribution in [0.15, 0.2) is 66.7 Å². The third-order valence-corrected chi connectivity index (χ3v) is 7.29. The molecule has 39 heavy (non-hydrogen) atoms. The maximum absolute atomic E-state index is 13.9. The Morgan fingerprint density at radius 3 is 2.28 bits per heavy atom. The lowest BCUT2D eigenvalue weighted by Crippen LogP contribution is -2.52. The maximum atomic E-state index is 13.9. The van der Waals surface area contributed by atoms with Crippen molar-refractivity contribution in [2.75, 3.05) is 14.2 Å². The predicted octanol–water partition coefficient (Wildman–Crippen LogP) is 6.50. The minimum atomic E-state index is -0.731. The molecule has 0 heterocycles. The number of nitrogens with one attached hydrogen (secondary N) is 1.